The van der Waals surface area contributed by atoms with Crippen LogP contribution in [0.25, 0.3) is 0 Å². The quantitative estimate of drug-likeness (QED) is 0.301. The molecule has 1 fully saturated rings. The van der Waals surface area contributed by atoms with Crippen molar-refractivity contribution < 1.29 is 41.9 Å². The van der Waals surface area contributed by atoms with Crippen LogP contribution in [0.4, 0.5) is 10.1 Å². The molecule has 2 nitrogen and oxygen atoms in total. The van der Waals surface area contributed by atoms with E-state index in [9.17, 15) is 9.18 Å². The average molecular weight is 497 g/mol. The maximum Gasteiger partial charge on any atom is 0.268 e. The smallest absolute Gasteiger partial charge is 0.268 e. The van der Waals surface area contributed by atoms with Crippen molar-refractivity contribution >= 4 is 18.9 Å². The Labute approximate surface area is 203 Å². The van der Waals surface area contributed by atoms with Crippen molar-refractivity contribution in [2.24, 2.45) is 0 Å². The molecular weight excluding hydrogens is 457 g/mol. The second-order valence-electron chi connectivity index (χ2n) is 8.78. The van der Waals surface area contributed by atoms with Gasteiger partial charge in [-0.15, -0.1) is 0 Å². The summed E-state index contributed by atoms with van der Waals surface area (Å²) in [7, 11) is -1.36. The van der Waals surface area contributed by atoms with Crippen LogP contribution in [0.3, 0.4) is 0 Å². The fourth-order valence-electron chi connectivity index (χ4n) is 4.73. The molecule has 1 amide bonds. The normalized spacial score (nSPS) is 15.0. The molecule has 29 heavy (non-hydrogen) atoms. The molecule has 0 saturated heterocycles. The summed E-state index contributed by atoms with van der Waals surface area (Å²) >= 11 is 0. The third kappa shape index (κ3) is 6.33. The monoisotopic (exact) mass is 497 g/mol. The maximum atomic E-state index is 13.7. The third-order valence-electron chi connectivity index (χ3n) is 6.61. The summed E-state index contributed by atoms with van der Waals surface area (Å²) < 4.78 is 13.7. The molecule has 1 N–H and O–H groups in total. The predicted octanol–water partition coefficient (Wildman–Crippen LogP) is 7.33. The number of unbranched alkanes of at least 4 members (excludes halogenated alkanes) is 3. The van der Waals surface area contributed by atoms with Gasteiger partial charge in [0.15, 0.2) is 5.16 Å². The molecule has 0 atom stereocenters. The number of benzene rings is 1. The number of amides is 1. The molecule has 0 aliphatic heterocycles. The first-order chi connectivity index (χ1) is 13.4. The summed E-state index contributed by atoms with van der Waals surface area (Å²) in [5, 5.41) is 3.14. The van der Waals surface area contributed by atoms with Gasteiger partial charge in [0.2, 0.25) is 0 Å². The number of anilines is 1. The first-order valence-electron chi connectivity index (χ1n) is 11.3. The van der Waals surface area contributed by atoms with Crippen LogP contribution in [-0.2, 0) is 37.5 Å². The van der Waals surface area contributed by atoms with E-state index in [0.717, 1.165) is 29.7 Å². The third-order valence-corrected chi connectivity index (χ3v) is 12.6. The number of hydrogen-bond acceptors (Lipinski definition) is 1. The number of carbonyl (C=O) groups excluding carboxylic acids is 1. The topological polar surface area (TPSA) is 29.1 Å². The maximum absolute atomic E-state index is 13.7. The molecule has 1 radical (unpaired) electrons. The fraction of sp³-hybridized carbons (Fsp3) is 0.708. The summed E-state index contributed by atoms with van der Waals surface area (Å²) in [6.45, 7) is 10.6. The zero-order chi connectivity index (χ0) is 20.8. The number of carbonyl (C=O) groups is 1. The summed E-state index contributed by atoms with van der Waals surface area (Å²) in [6, 6.07) is 3.05. The Hall–Kier alpha value is 0.154. The predicted molar refractivity (Wildman–Crippen MR) is 123 cm³/mol. The van der Waals surface area contributed by atoms with Gasteiger partial charge in [-0.3, -0.25) is 4.79 Å². The van der Waals surface area contributed by atoms with Crippen molar-refractivity contribution in [2.45, 2.75) is 91.1 Å². The first-order valence-corrected chi connectivity index (χ1v) is 13.6. The zero-order valence-electron chi connectivity index (χ0n) is 19.2. The average Bonchev–Trinajstić information content (AvgIpc) is 3.46. The molecular formula is C24H40FNOPY+. The number of nitrogens with one attached hydrogen (secondary N) is 1. The van der Waals surface area contributed by atoms with Gasteiger partial charge in [-0.05, 0) is 56.4 Å². The van der Waals surface area contributed by atoms with E-state index in [1.54, 1.807) is 0 Å². The van der Waals surface area contributed by atoms with E-state index < -0.39 is 7.26 Å². The first kappa shape index (κ1) is 27.2. The number of aryl methyl sites for hydroxylation is 2. The van der Waals surface area contributed by atoms with Crippen molar-refractivity contribution in [1.82, 2.24) is 0 Å². The van der Waals surface area contributed by atoms with E-state index in [-0.39, 0.29) is 49.6 Å². The van der Waals surface area contributed by atoms with Gasteiger partial charge in [-0.25, -0.2) is 4.39 Å². The molecule has 161 valence electrons. The van der Waals surface area contributed by atoms with Gasteiger partial charge < -0.3 is 5.32 Å². The largest absolute Gasteiger partial charge is 0.322 e. The van der Waals surface area contributed by atoms with Crippen LogP contribution in [0.5, 0.6) is 0 Å². The van der Waals surface area contributed by atoms with E-state index in [1.807, 2.05) is 13.8 Å². The van der Waals surface area contributed by atoms with E-state index in [1.165, 1.54) is 69.1 Å². The van der Waals surface area contributed by atoms with E-state index >= 15 is 0 Å². The van der Waals surface area contributed by atoms with Gasteiger partial charge in [0.1, 0.15) is 5.82 Å². The molecule has 0 bridgehead atoms. The Morgan fingerprint density at radius 1 is 0.966 bits per heavy atom. The van der Waals surface area contributed by atoms with E-state index in [2.05, 4.69) is 26.1 Å². The summed E-state index contributed by atoms with van der Waals surface area (Å²) in [6.07, 6.45) is 13.2. The van der Waals surface area contributed by atoms with Gasteiger partial charge in [0.25, 0.3) is 5.91 Å². The molecule has 2 rings (SSSR count). The van der Waals surface area contributed by atoms with Crippen LogP contribution in [0.1, 0.15) is 83.3 Å². The van der Waals surface area contributed by atoms with Crippen LogP contribution in [0.2, 0.25) is 0 Å². The van der Waals surface area contributed by atoms with Crippen molar-refractivity contribution in [3.8, 4) is 0 Å². The Balaban J connectivity index is 0.00000420. The minimum absolute atomic E-state index is 0. The molecule has 1 aliphatic rings. The van der Waals surface area contributed by atoms with Crippen LogP contribution >= 0.6 is 7.26 Å². The molecule has 1 aromatic rings. The SMILES string of the molecule is CCCC[P+](CCCC)(CCCC)C1(C(=O)Nc2c(C)cc(F)cc2C)CC1.[Y]. The Kier molecular flexibility index (Phi) is 11.5. The van der Waals surface area contributed by atoms with Crippen molar-refractivity contribution in [3.63, 3.8) is 0 Å². The second-order valence-corrected chi connectivity index (χ2v) is 13.3. The summed E-state index contributed by atoms with van der Waals surface area (Å²) in [5.41, 5.74) is 2.46. The summed E-state index contributed by atoms with van der Waals surface area (Å²) in [5.74, 6) is -0.00762. The number of rotatable bonds is 12. The van der Waals surface area contributed by atoms with Crippen LogP contribution in [0.15, 0.2) is 12.1 Å². The number of halogens is 1. The number of hydrogen-bond donors (Lipinski definition) is 1. The van der Waals surface area contributed by atoms with Crippen LogP contribution in [0, 0.1) is 19.7 Å². The molecule has 0 heterocycles. The van der Waals surface area contributed by atoms with E-state index in [0.29, 0.717) is 0 Å². The minimum Gasteiger partial charge on any atom is -0.322 e. The van der Waals surface area contributed by atoms with Gasteiger partial charge in [-0.2, -0.15) is 0 Å². The molecule has 5 heteroatoms. The molecule has 0 spiro atoms. The Bertz CT molecular complexity index is 630. The standard InChI is InChI=1S/C24H39FNOP.Y/c1-6-9-14-28(15-10-7-2,16-11-8-3)24(12-13-24)23(27)26-22-19(4)17-21(25)18-20(22)5;/h17-18H,6-16H2,1-5H3;/p+1. The van der Waals surface area contributed by atoms with Gasteiger partial charge in [0.05, 0.1) is 18.5 Å². The van der Waals surface area contributed by atoms with Gasteiger partial charge in [0, 0.05) is 58.5 Å². The van der Waals surface area contributed by atoms with Crippen LogP contribution < -0.4 is 5.32 Å². The molecule has 1 saturated carbocycles. The van der Waals surface area contributed by atoms with Gasteiger partial charge >= 0.3 is 0 Å². The van der Waals surface area contributed by atoms with Gasteiger partial charge in [-0.1, -0.05) is 40.0 Å². The molecule has 0 unspecified atom stereocenters. The van der Waals surface area contributed by atoms with E-state index in [4.69, 9.17) is 0 Å². The van der Waals surface area contributed by atoms with Crippen molar-refractivity contribution in [2.75, 3.05) is 23.8 Å². The minimum atomic E-state index is -1.36. The molecule has 0 aromatic heterocycles. The molecule has 1 aliphatic carbocycles. The Morgan fingerprint density at radius 3 is 1.72 bits per heavy atom. The van der Waals surface area contributed by atoms with Crippen molar-refractivity contribution in [3.05, 3.63) is 29.1 Å². The van der Waals surface area contributed by atoms with Crippen molar-refractivity contribution in [1.29, 1.82) is 0 Å². The summed E-state index contributed by atoms with van der Waals surface area (Å²) in [4.78, 5) is 13.6. The Morgan fingerprint density at radius 2 is 1.38 bits per heavy atom. The molecule has 1 aromatic carbocycles. The second kappa shape index (κ2) is 12.3. The zero-order valence-corrected chi connectivity index (χ0v) is 23.0. The van der Waals surface area contributed by atoms with Crippen LogP contribution in [-0.4, -0.2) is 29.5 Å². The fourth-order valence-corrected chi connectivity index (χ4v) is 11.0.